The average molecular weight is 364 g/mol. The van der Waals surface area contributed by atoms with Gasteiger partial charge in [0.15, 0.2) is 6.10 Å². The number of carbonyl (C=O) groups is 2. The van der Waals surface area contributed by atoms with Crippen molar-refractivity contribution in [3.8, 4) is 0 Å². The number of nitrogens with zero attached hydrogens (tertiary/aromatic N) is 1. The summed E-state index contributed by atoms with van der Waals surface area (Å²) < 4.78 is 11.4. The van der Waals surface area contributed by atoms with Crippen LogP contribution in [-0.4, -0.2) is 56.8 Å². The van der Waals surface area contributed by atoms with Gasteiger partial charge in [-0.05, 0) is 25.2 Å². The highest BCUT2D eigenvalue weighted by molar-refractivity contribution is 5.72. The fourth-order valence-electron chi connectivity index (χ4n) is 3.08. The molecule has 1 aliphatic carbocycles. The minimum Gasteiger partial charge on any atom is -1.00 e. The second-order valence-electron chi connectivity index (χ2n) is 7.72. The smallest absolute Gasteiger partial charge is 0.309 e. The Hall–Kier alpha value is -0.810. The number of halogens is 1. The van der Waals surface area contributed by atoms with Crippen LogP contribution in [0, 0.1) is 5.92 Å². The molecule has 0 aromatic carbocycles. The van der Waals surface area contributed by atoms with E-state index in [0.29, 0.717) is 30.0 Å². The Kier molecular flexibility index (Phi) is 11.3. The first-order valence-corrected chi connectivity index (χ1v) is 8.95. The normalized spacial score (nSPS) is 16.8. The predicted molar refractivity (Wildman–Crippen MR) is 89.8 cm³/mol. The van der Waals surface area contributed by atoms with Crippen LogP contribution in [0.4, 0.5) is 0 Å². The van der Waals surface area contributed by atoms with Crippen molar-refractivity contribution in [1.82, 2.24) is 0 Å². The number of rotatable bonds is 9. The van der Waals surface area contributed by atoms with Crippen LogP contribution in [0.5, 0.6) is 0 Å². The van der Waals surface area contributed by atoms with Gasteiger partial charge in [-0.25, -0.2) is 0 Å². The number of esters is 2. The molecule has 0 aromatic heterocycles. The number of likely N-dealkylation sites (N-methyl/N-ethyl adjacent to an activating group) is 1. The number of hydrogen-bond acceptors (Lipinski definition) is 4. The van der Waals surface area contributed by atoms with Crippen molar-refractivity contribution >= 4 is 11.9 Å². The number of quaternary nitrogens is 1. The fourth-order valence-corrected chi connectivity index (χ4v) is 3.08. The van der Waals surface area contributed by atoms with E-state index >= 15 is 0 Å². The topological polar surface area (TPSA) is 52.6 Å². The Morgan fingerprint density at radius 1 is 1.08 bits per heavy atom. The van der Waals surface area contributed by atoms with Gasteiger partial charge in [-0.2, -0.15) is 0 Å². The summed E-state index contributed by atoms with van der Waals surface area (Å²) in [6.07, 6.45) is 6.96. The van der Waals surface area contributed by atoms with Gasteiger partial charge < -0.3 is 26.4 Å². The number of hydrogen-bond donors (Lipinski definition) is 0. The summed E-state index contributed by atoms with van der Waals surface area (Å²) in [5.41, 5.74) is 0. The molecule has 0 saturated heterocycles. The summed E-state index contributed by atoms with van der Waals surface area (Å²) in [7, 11) is 6.08. The van der Waals surface area contributed by atoms with E-state index in [2.05, 4.69) is 0 Å². The zero-order valence-electron chi connectivity index (χ0n) is 15.7. The molecule has 0 amide bonds. The fraction of sp³-hybridized carbons (Fsp3) is 0.889. The summed E-state index contributed by atoms with van der Waals surface area (Å²) in [6, 6.07) is 0. The standard InChI is InChI=1S/C18H34NO4.ClH/c1-5-11-22-17(20)13-16(14-19(2,3)4)23-18(21)12-15-9-7-6-8-10-15;/h15-16H,5-14H2,1-4H3;1H/q+1;/p-1/t16-;/m1./s1. The molecule has 0 bridgehead atoms. The van der Waals surface area contributed by atoms with Crippen LogP contribution >= 0.6 is 0 Å². The molecule has 1 fully saturated rings. The van der Waals surface area contributed by atoms with Crippen molar-refractivity contribution < 1.29 is 36.0 Å². The van der Waals surface area contributed by atoms with Crippen LogP contribution < -0.4 is 12.4 Å². The van der Waals surface area contributed by atoms with E-state index in [-0.39, 0.29) is 30.8 Å². The third kappa shape index (κ3) is 10.9. The predicted octanol–water partition coefficient (Wildman–Crippen LogP) is -0.0779. The summed E-state index contributed by atoms with van der Waals surface area (Å²) in [6.45, 7) is 2.99. The Morgan fingerprint density at radius 2 is 1.71 bits per heavy atom. The summed E-state index contributed by atoms with van der Waals surface area (Å²) in [5, 5.41) is 0. The van der Waals surface area contributed by atoms with Crippen molar-refractivity contribution in [3.05, 3.63) is 0 Å². The largest absolute Gasteiger partial charge is 1.00 e. The first-order valence-electron chi connectivity index (χ1n) is 8.95. The van der Waals surface area contributed by atoms with Gasteiger partial charge in [-0.3, -0.25) is 9.59 Å². The van der Waals surface area contributed by atoms with Crippen molar-refractivity contribution in [2.24, 2.45) is 5.92 Å². The molecule has 0 unspecified atom stereocenters. The zero-order chi connectivity index (χ0) is 17.3. The van der Waals surface area contributed by atoms with Crippen molar-refractivity contribution in [2.45, 2.75) is 64.4 Å². The molecule has 0 radical (unpaired) electrons. The molecular weight excluding hydrogens is 330 g/mol. The van der Waals surface area contributed by atoms with Gasteiger partial charge in [0.2, 0.25) is 0 Å². The quantitative estimate of drug-likeness (QED) is 0.425. The molecule has 0 spiro atoms. The van der Waals surface area contributed by atoms with Gasteiger partial charge in [0.25, 0.3) is 0 Å². The molecule has 0 aromatic rings. The molecule has 1 saturated carbocycles. The van der Waals surface area contributed by atoms with Crippen LogP contribution in [0.3, 0.4) is 0 Å². The Balaban J connectivity index is 0.00000529. The van der Waals surface area contributed by atoms with Crippen molar-refractivity contribution in [2.75, 3.05) is 34.3 Å². The molecule has 0 N–H and O–H groups in total. The third-order valence-electron chi connectivity index (χ3n) is 4.09. The second-order valence-corrected chi connectivity index (χ2v) is 7.72. The van der Waals surface area contributed by atoms with Crippen molar-refractivity contribution in [1.29, 1.82) is 0 Å². The van der Waals surface area contributed by atoms with Crippen LogP contribution in [0.25, 0.3) is 0 Å². The van der Waals surface area contributed by atoms with Crippen molar-refractivity contribution in [3.63, 3.8) is 0 Å². The average Bonchev–Trinajstić information content (AvgIpc) is 2.44. The SMILES string of the molecule is CCCOC(=O)C[C@H](C[N+](C)(C)C)OC(=O)CC1CCCCC1.[Cl-]. The molecule has 1 rings (SSSR count). The zero-order valence-corrected chi connectivity index (χ0v) is 16.4. The van der Waals surface area contributed by atoms with Gasteiger partial charge in [0, 0.05) is 6.42 Å². The Labute approximate surface area is 153 Å². The van der Waals surface area contributed by atoms with E-state index < -0.39 is 6.10 Å². The molecule has 0 heterocycles. The molecule has 1 aliphatic rings. The molecular formula is C18H34ClNO4. The maximum atomic E-state index is 12.2. The third-order valence-corrected chi connectivity index (χ3v) is 4.09. The summed E-state index contributed by atoms with van der Waals surface area (Å²) >= 11 is 0. The lowest BCUT2D eigenvalue weighted by Crippen LogP contribution is -3.00. The highest BCUT2D eigenvalue weighted by atomic mass is 35.5. The maximum absolute atomic E-state index is 12.2. The lowest BCUT2D eigenvalue weighted by atomic mass is 9.87. The van der Waals surface area contributed by atoms with Gasteiger partial charge >= 0.3 is 11.9 Å². The van der Waals surface area contributed by atoms with E-state index in [9.17, 15) is 9.59 Å². The minimum absolute atomic E-state index is 0. The first-order chi connectivity index (χ1) is 10.8. The van der Waals surface area contributed by atoms with Gasteiger partial charge in [0.1, 0.15) is 6.54 Å². The van der Waals surface area contributed by atoms with E-state index in [1.807, 2.05) is 28.1 Å². The first kappa shape index (κ1) is 23.2. The maximum Gasteiger partial charge on any atom is 0.309 e. The molecule has 0 aliphatic heterocycles. The van der Waals surface area contributed by atoms with Crippen LogP contribution in [0.15, 0.2) is 0 Å². The van der Waals surface area contributed by atoms with Crippen LogP contribution in [0.2, 0.25) is 0 Å². The molecule has 142 valence electrons. The monoisotopic (exact) mass is 363 g/mol. The van der Waals surface area contributed by atoms with Crippen LogP contribution in [0.1, 0.15) is 58.3 Å². The van der Waals surface area contributed by atoms with E-state index in [1.54, 1.807) is 0 Å². The molecule has 6 heteroatoms. The van der Waals surface area contributed by atoms with E-state index in [1.165, 1.54) is 19.3 Å². The molecule has 5 nitrogen and oxygen atoms in total. The lowest BCUT2D eigenvalue weighted by molar-refractivity contribution is -0.873. The second kappa shape index (κ2) is 11.7. The van der Waals surface area contributed by atoms with E-state index in [4.69, 9.17) is 9.47 Å². The highest BCUT2D eigenvalue weighted by Crippen LogP contribution is 2.26. The minimum atomic E-state index is -0.407. The Morgan fingerprint density at radius 3 is 2.25 bits per heavy atom. The van der Waals surface area contributed by atoms with Crippen LogP contribution in [-0.2, 0) is 19.1 Å². The number of ether oxygens (including phenoxy) is 2. The molecule has 1 atom stereocenters. The van der Waals surface area contributed by atoms with Gasteiger partial charge in [-0.1, -0.05) is 26.2 Å². The van der Waals surface area contributed by atoms with E-state index in [0.717, 1.165) is 19.3 Å². The summed E-state index contributed by atoms with van der Waals surface area (Å²) in [4.78, 5) is 24.1. The van der Waals surface area contributed by atoms with Gasteiger partial charge in [0.05, 0.1) is 34.2 Å². The summed E-state index contributed by atoms with van der Waals surface area (Å²) in [5.74, 6) is 0.00229. The highest BCUT2D eigenvalue weighted by Gasteiger charge is 2.27. The lowest BCUT2D eigenvalue weighted by Gasteiger charge is -2.29. The Bertz CT molecular complexity index is 376. The number of carbonyl (C=O) groups excluding carboxylic acids is 2. The van der Waals surface area contributed by atoms with Gasteiger partial charge in [-0.15, -0.1) is 0 Å². The molecule has 24 heavy (non-hydrogen) atoms.